The van der Waals surface area contributed by atoms with E-state index in [-0.39, 0.29) is 23.7 Å². The summed E-state index contributed by atoms with van der Waals surface area (Å²) >= 11 is 0. The zero-order valence-corrected chi connectivity index (χ0v) is 22.0. The van der Waals surface area contributed by atoms with Gasteiger partial charge in [-0.3, -0.25) is 28.9 Å². The molecule has 0 saturated heterocycles. The second-order valence-corrected chi connectivity index (χ2v) is 9.12. The molecule has 12 nitrogen and oxygen atoms in total. The Hall–Kier alpha value is -4.74. The van der Waals surface area contributed by atoms with Crippen LogP contribution in [-0.2, 0) is 24.0 Å². The molecule has 2 aromatic carbocycles. The summed E-state index contributed by atoms with van der Waals surface area (Å²) in [7, 11) is 1.52. The molecule has 3 rings (SSSR count). The van der Waals surface area contributed by atoms with E-state index in [1.165, 1.54) is 18.9 Å². The Kier molecular flexibility index (Phi) is 9.02. The topological polar surface area (TPSA) is 162 Å². The third kappa shape index (κ3) is 6.58. The van der Waals surface area contributed by atoms with Gasteiger partial charge in [0.2, 0.25) is 11.8 Å². The van der Waals surface area contributed by atoms with Gasteiger partial charge >= 0.3 is 5.97 Å². The fraction of sp³-hybridized carbons (Fsp3) is 0.333. The van der Waals surface area contributed by atoms with E-state index in [2.05, 4.69) is 10.6 Å². The number of amides is 4. The van der Waals surface area contributed by atoms with Crippen LogP contribution in [0.15, 0.2) is 36.4 Å². The zero-order chi connectivity index (χ0) is 28.9. The smallest absolute Gasteiger partial charge is 0.305 e. The Balaban J connectivity index is 1.96. The van der Waals surface area contributed by atoms with E-state index >= 15 is 0 Å². The normalized spacial score (nSPS) is 15.5. The molecule has 3 N–H and O–H groups in total. The van der Waals surface area contributed by atoms with Crippen LogP contribution in [0.25, 0.3) is 0 Å². The highest BCUT2D eigenvalue weighted by atomic mass is 16.5. The number of carbonyl (C=O) groups excluding carboxylic acids is 5. The molecule has 0 radical (unpaired) electrons. The van der Waals surface area contributed by atoms with Crippen LogP contribution < -0.4 is 25.2 Å². The van der Waals surface area contributed by atoms with E-state index in [1.54, 1.807) is 50.2 Å². The SMILES string of the molecule is COc1c(C)cc(C(=O)N[C@H]2CN(C(C)=O)c3ccccc3N(CC(=O)N[C@H](C=O)CC(=O)O)C2=O)cc1C. The summed E-state index contributed by atoms with van der Waals surface area (Å²) in [5.74, 6) is -3.07. The van der Waals surface area contributed by atoms with Gasteiger partial charge in [-0.15, -0.1) is 0 Å². The summed E-state index contributed by atoms with van der Waals surface area (Å²) in [6.07, 6.45) is -0.333. The lowest BCUT2D eigenvalue weighted by Gasteiger charge is -2.25. The molecule has 1 aliphatic heterocycles. The molecule has 0 unspecified atom stereocenters. The number of aliphatic carboxylic acids is 1. The van der Waals surface area contributed by atoms with Crippen molar-refractivity contribution in [2.75, 3.05) is 30.0 Å². The van der Waals surface area contributed by atoms with Crippen molar-refractivity contribution in [1.82, 2.24) is 10.6 Å². The number of carboxylic acid groups (broad SMARTS) is 1. The summed E-state index contributed by atoms with van der Waals surface area (Å²) in [6.45, 7) is 4.10. The molecule has 1 heterocycles. The Morgan fingerprint density at radius 1 is 1.13 bits per heavy atom. The van der Waals surface area contributed by atoms with Crippen molar-refractivity contribution < 1.29 is 38.6 Å². The van der Waals surface area contributed by atoms with Crippen LogP contribution in [0.4, 0.5) is 11.4 Å². The number of ether oxygens (including phenoxy) is 1. The second-order valence-electron chi connectivity index (χ2n) is 9.12. The maximum atomic E-state index is 13.8. The van der Waals surface area contributed by atoms with E-state index in [4.69, 9.17) is 9.84 Å². The molecule has 0 fully saturated rings. The lowest BCUT2D eigenvalue weighted by Crippen LogP contribution is -2.54. The predicted molar refractivity (Wildman–Crippen MR) is 141 cm³/mol. The summed E-state index contributed by atoms with van der Waals surface area (Å²) < 4.78 is 5.35. The monoisotopic (exact) mass is 538 g/mol. The van der Waals surface area contributed by atoms with Gasteiger partial charge in [0, 0.05) is 12.5 Å². The lowest BCUT2D eigenvalue weighted by atomic mass is 10.0. The first-order valence-electron chi connectivity index (χ1n) is 12.1. The zero-order valence-electron chi connectivity index (χ0n) is 22.0. The van der Waals surface area contributed by atoms with Crippen LogP contribution in [0.1, 0.15) is 34.8 Å². The largest absolute Gasteiger partial charge is 0.496 e. The number of anilines is 2. The van der Waals surface area contributed by atoms with Gasteiger partial charge < -0.3 is 30.2 Å². The lowest BCUT2D eigenvalue weighted by molar-refractivity contribution is -0.139. The van der Waals surface area contributed by atoms with Gasteiger partial charge in [0.15, 0.2) is 0 Å². The summed E-state index contributed by atoms with van der Waals surface area (Å²) in [5, 5.41) is 13.9. The maximum Gasteiger partial charge on any atom is 0.305 e. The van der Waals surface area contributed by atoms with Crippen molar-refractivity contribution in [2.24, 2.45) is 0 Å². The minimum Gasteiger partial charge on any atom is -0.496 e. The third-order valence-electron chi connectivity index (χ3n) is 6.21. The fourth-order valence-electron chi connectivity index (χ4n) is 4.52. The summed E-state index contributed by atoms with van der Waals surface area (Å²) in [4.78, 5) is 77.0. The number of fused-ring (bicyclic) bond motifs is 1. The molecule has 0 bridgehead atoms. The molecule has 0 aliphatic carbocycles. The average Bonchev–Trinajstić information content (AvgIpc) is 2.98. The van der Waals surface area contributed by atoms with Crippen LogP contribution in [0.2, 0.25) is 0 Å². The van der Waals surface area contributed by atoms with Gasteiger partial charge in [-0.05, 0) is 49.2 Å². The molecule has 0 saturated carbocycles. The minimum atomic E-state index is -1.29. The molecule has 0 spiro atoms. The molecule has 2 atom stereocenters. The number of benzene rings is 2. The number of nitrogens with one attached hydrogen (secondary N) is 2. The molecule has 4 amide bonds. The van der Waals surface area contributed by atoms with Crippen molar-refractivity contribution in [3.05, 3.63) is 53.1 Å². The highest BCUT2D eigenvalue weighted by Crippen LogP contribution is 2.33. The first-order valence-corrected chi connectivity index (χ1v) is 12.1. The van der Waals surface area contributed by atoms with Crippen LogP contribution in [0.5, 0.6) is 5.75 Å². The van der Waals surface area contributed by atoms with E-state index in [0.29, 0.717) is 17.7 Å². The third-order valence-corrected chi connectivity index (χ3v) is 6.21. The quantitative estimate of drug-likeness (QED) is 0.398. The maximum absolute atomic E-state index is 13.8. The fourth-order valence-corrected chi connectivity index (χ4v) is 4.52. The Morgan fingerprint density at radius 2 is 1.74 bits per heavy atom. The summed E-state index contributed by atoms with van der Waals surface area (Å²) in [6, 6.07) is 7.15. The van der Waals surface area contributed by atoms with Gasteiger partial charge in [0.25, 0.3) is 11.8 Å². The van der Waals surface area contributed by atoms with Gasteiger partial charge in [0.05, 0.1) is 37.5 Å². The van der Waals surface area contributed by atoms with Crippen LogP contribution in [0.3, 0.4) is 0 Å². The van der Waals surface area contributed by atoms with Crippen molar-refractivity contribution in [1.29, 1.82) is 0 Å². The van der Waals surface area contributed by atoms with Crippen LogP contribution >= 0.6 is 0 Å². The molecular weight excluding hydrogens is 508 g/mol. The average molecular weight is 539 g/mol. The molecule has 0 aromatic heterocycles. The van der Waals surface area contributed by atoms with Gasteiger partial charge in [-0.25, -0.2) is 0 Å². The van der Waals surface area contributed by atoms with Crippen LogP contribution in [-0.4, -0.2) is 73.3 Å². The number of para-hydroxylation sites is 2. The standard InChI is InChI=1S/C27H30N4O8/c1-15-9-18(10-16(2)25(15)39-4)26(37)29-20-12-30(17(3)33)21-7-5-6-8-22(21)31(27(20)38)13-23(34)28-19(14-32)11-24(35)36/h5-10,14,19-20H,11-13H2,1-4H3,(H,28,34)(H,29,37)(H,35,36)/t19-,20-/m0/s1. The van der Waals surface area contributed by atoms with E-state index < -0.39 is 48.7 Å². The number of carboxylic acids is 1. The number of rotatable bonds is 9. The Labute approximate surface area is 224 Å². The van der Waals surface area contributed by atoms with E-state index in [9.17, 15) is 28.8 Å². The Morgan fingerprint density at radius 3 is 2.28 bits per heavy atom. The van der Waals surface area contributed by atoms with Gasteiger partial charge in [-0.1, -0.05) is 12.1 Å². The predicted octanol–water partition coefficient (Wildman–Crippen LogP) is 0.969. The number of carbonyl (C=O) groups is 6. The molecule has 206 valence electrons. The van der Waals surface area contributed by atoms with Crippen molar-refractivity contribution in [3.63, 3.8) is 0 Å². The molecule has 12 heteroatoms. The van der Waals surface area contributed by atoms with E-state index in [0.717, 1.165) is 16.0 Å². The van der Waals surface area contributed by atoms with Crippen molar-refractivity contribution in [3.8, 4) is 5.75 Å². The van der Waals surface area contributed by atoms with E-state index in [1.807, 2.05) is 0 Å². The first-order chi connectivity index (χ1) is 18.5. The highest BCUT2D eigenvalue weighted by Gasteiger charge is 2.37. The number of hydrogen-bond donors (Lipinski definition) is 3. The van der Waals surface area contributed by atoms with Crippen molar-refractivity contribution >= 4 is 47.3 Å². The molecule has 2 aromatic rings. The van der Waals surface area contributed by atoms with Crippen LogP contribution in [0, 0.1) is 13.8 Å². The number of nitrogens with zero attached hydrogens (tertiary/aromatic N) is 2. The van der Waals surface area contributed by atoms with Gasteiger partial charge in [-0.2, -0.15) is 0 Å². The highest BCUT2D eigenvalue weighted by molar-refractivity contribution is 6.10. The first kappa shape index (κ1) is 28.8. The molecule has 39 heavy (non-hydrogen) atoms. The summed E-state index contributed by atoms with van der Waals surface area (Å²) in [5.41, 5.74) is 2.30. The Bertz CT molecular complexity index is 1300. The minimum absolute atomic E-state index is 0.195. The number of hydrogen-bond acceptors (Lipinski definition) is 7. The van der Waals surface area contributed by atoms with Crippen molar-refractivity contribution in [2.45, 2.75) is 39.3 Å². The number of methoxy groups -OCH3 is 1. The van der Waals surface area contributed by atoms with Gasteiger partial charge in [0.1, 0.15) is 24.6 Å². The molecular formula is C27H30N4O8. The number of aryl methyl sites for hydroxylation is 2. The number of aldehydes is 1. The molecule has 1 aliphatic rings. The second kappa shape index (κ2) is 12.2.